The number of nitrogens with one attached hydrogen (secondary N) is 1. The molecule has 0 bridgehead atoms. The molecule has 10 nitrogen and oxygen atoms in total. The first-order valence-corrected chi connectivity index (χ1v) is 10.2. The van der Waals surface area contributed by atoms with Gasteiger partial charge in [-0.25, -0.2) is 13.8 Å². The maximum atomic E-state index is 14.2. The van der Waals surface area contributed by atoms with Crippen molar-refractivity contribution < 1.29 is 18.6 Å². The highest BCUT2D eigenvalue weighted by molar-refractivity contribution is 5.40. The molecule has 12 heteroatoms. The van der Waals surface area contributed by atoms with E-state index in [9.17, 15) is 13.9 Å². The highest BCUT2D eigenvalue weighted by atomic mass is 19.1. The lowest BCUT2D eigenvalue weighted by Gasteiger charge is -2.34. The predicted molar refractivity (Wildman–Crippen MR) is 111 cm³/mol. The number of aryl methyl sites for hydroxylation is 1. The molecule has 4 rings (SSSR count). The number of halogens is 2. The van der Waals surface area contributed by atoms with Crippen molar-refractivity contribution in [1.82, 2.24) is 29.5 Å². The molecule has 1 fully saturated rings. The average molecular weight is 446 g/mol. The highest BCUT2D eigenvalue weighted by Gasteiger charge is 2.26. The van der Waals surface area contributed by atoms with Crippen LogP contribution in [0.4, 0.5) is 20.7 Å². The van der Waals surface area contributed by atoms with E-state index in [2.05, 4.69) is 30.2 Å². The fourth-order valence-corrected chi connectivity index (χ4v) is 3.47. The first-order valence-electron chi connectivity index (χ1n) is 10.2. The third-order valence-corrected chi connectivity index (χ3v) is 5.05. The molecule has 2 atom stereocenters. The Morgan fingerprint density at radius 3 is 2.84 bits per heavy atom. The molecule has 0 aromatic carbocycles. The number of ether oxygens (including phenoxy) is 1. The number of imidazole rings is 1. The van der Waals surface area contributed by atoms with Gasteiger partial charge in [0.1, 0.15) is 17.5 Å². The Balaban J connectivity index is 1.65. The molecule has 1 aliphatic rings. The minimum Gasteiger partial charge on any atom is -0.394 e. The standard InChI is InChI=1S/C20H24F2N8O2/c1-12(18-16(22)5-13(21)7-23-18)25-19-26-17(6-14-8-29(2)11-24-14)27-20(28-19)30-3-4-32-10-15(30)9-31/h5,7-8,11-12,15,31H,3-4,6,9-10H2,1-2H3,(H,25,26,27,28)/t12-,15+/m0/s1. The maximum absolute atomic E-state index is 14.2. The number of aliphatic hydroxyl groups excluding tert-OH is 1. The first kappa shape index (κ1) is 22.0. The molecule has 0 saturated carbocycles. The van der Waals surface area contributed by atoms with E-state index in [1.54, 1.807) is 13.3 Å². The first-order chi connectivity index (χ1) is 15.4. The van der Waals surface area contributed by atoms with Crippen LogP contribution in [0.5, 0.6) is 0 Å². The van der Waals surface area contributed by atoms with Crippen molar-refractivity contribution >= 4 is 11.9 Å². The average Bonchev–Trinajstić information content (AvgIpc) is 3.17. The second kappa shape index (κ2) is 9.49. The molecule has 3 aromatic heterocycles. The van der Waals surface area contributed by atoms with Gasteiger partial charge < -0.3 is 24.6 Å². The molecule has 0 spiro atoms. The maximum Gasteiger partial charge on any atom is 0.230 e. The Kier molecular flexibility index (Phi) is 6.51. The van der Waals surface area contributed by atoms with Gasteiger partial charge in [0.2, 0.25) is 11.9 Å². The van der Waals surface area contributed by atoms with Crippen molar-refractivity contribution in [2.45, 2.75) is 25.4 Å². The zero-order chi connectivity index (χ0) is 22.7. The van der Waals surface area contributed by atoms with E-state index >= 15 is 0 Å². The smallest absolute Gasteiger partial charge is 0.230 e. The summed E-state index contributed by atoms with van der Waals surface area (Å²) in [6, 6.07) is -0.145. The van der Waals surface area contributed by atoms with Gasteiger partial charge in [0.25, 0.3) is 0 Å². The number of hydrogen-bond acceptors (Lipinski definition) is 9. The van der Waals surface area contributed by atoms with Gasteiger partial charge >= 0.3 is 0 Å². The topological polar surface area (TPSA) is 114 Å². The zero-order valence-corrected chi connectivity index (χ0v) is 17.7. The summed E-state index contributed by atoms with van der Waals surface area (Å²) < 4.78 is 34.7. The summed E-state index contributed by atoms with van der Waals surface area (Å²) in [4.78, 5) is 23.6. The number of aliphatic hydroxyl groups is 1. The van der Waals surface area contributed by atoms with E-state index in [0.717, 1.165) is 18.0 Å². The molecule has 0 aliphatic carbocycles. The molecule has 0 unspecified atom stereocenters. The minimum atomic E-state index is -0.762. The number of pyridine rings is 1. The Bertz CT molecular complexity index is 1080. The third kappa shape index (κ3) is 4.97. The molecule has 4 heterocycles. The van der Waals surface area contributed by atoms with Gasteiger partial charge in [-0.05, 0) is 6.92 Å². The van der Waals surface area contributed by atoms with E-state index in [1.165, 1.54) is 0 Å². The van der Waals surface area contributed by atoms with E-state index in [-0.39, 0.29) is 24.3 Å². The van der Waals surface area contributed by atoms with Crippen LogP contribution in [0.25, 0.3) is 0 Å². The molecule has 1 saturated heterocycles. The van der Waals surface area contributed by atoms with E-state index in [0.29, 0.717) is 38.0 Å². The van der Waals surface area contributed by atoms with Crippen molar-refractivity contribution in [2.75, 3.05) is 36.6 Å². The van der Waals surface area contributed by atoms with E-state index in [1.807, 2.05) is 22.7 Å². The summed E-state index contributed by atoms with van der Waals surface area (Å²) in [7, 11) is 1.87. The number of nitrogens with zero attached hydrogens (tertiary/aromatic N) is 7. The van der Waals surface area contributed by atoms with Gasteiger partial charge in [0, 0.05) is 25.9 Å². The monoisotopic (exact) mass is 446 g/mol. The van der Waals surface area contributed by atoms with Gasteiger partial charge in [-0.3, -0.25) is 4.98 Å². The second-order valence-corrected chi connectivity index (χ2v) is 7.57. The van der Waals surface area contributed by atoms with Crippen LogP contribution < -0.4 is 10.2 Å². The fourth-order valence-electron chi connectivity index (χ4n) is 3.47. The van der Waals surface area contributed by atoms with Gasteiger partial charge in [-0.2, -0.15) is 15.0 Å². The van der Waals surface area contributed by atoms with Gasteiger partial charge in [-0.1, -0.05) is 0 Å². The normalized spacial score (nSPS) is 17.4. The summed E-state index contributed by atoms with van der Waals surface area (Å²) in [5, 5.41) is 12.8. The van der Waals surface area contributed by atoms with Crippen LogP contribution in [-0.4, -0.2) is 67.0 Å². The summed E-state index contributed by atoms with van der Waals surface area (Å²) in [5.74, 6) is -0.473. The Labute approximate surface area is 183 Å². The number of rotatable bonds is 7. The molecule has 32 heavy (non-hydrogen) atoms. The lowest BCUT2D eigenvalue weighted by molar-refractivity contribution is 0.0718. The van der Waals surface area contributed by atoms with Crippen molar-refractivity contribution in [3.63, 3.8) is 0 Å². The lowest BCUT2D eigenvalue weighted by Crippen LogP contribution is -2.48. The predicted octanol–water partition coefficient (Wildman–Crippen LogP) is 1.24. The summed E-state index contributed by atoms with van der Waals surface area (Å²) in [5.41, 5.74) is 0.815. The molecule has 170 valence electrons. The van der Waals surface area contributed by atoms with Crippen LogP contribution in [0, 0.1) is 11.6 Å². The summed E-state index contributed by atoms with van der Waals surface area (Å²) in [6.07, 6.45) is 4.87. The molecule has 2 N–H and O–H groups in total. The van der Waals surface area contributed by atoms with Crippen LogP contribution >= 0.6 is 0 Å². The second-order valence-electron chi connectivity index (χ2n) is 7.57. The largest absolute Gasteiger partial charge is 0.394 e. The van der Waals surface area contributed by atoms with Crippen LogP contribution in [-0.2, 0) is 18.2 Å². The van der Waals surface area contributed by atoms with E-state index < -0.39 is 17.7 Å². The number of aromatic nitrogens is 6. The van der Waals surface area contributed by atoms with Crippen LogP contribution in [0.2, 0.25) is 0 Å². The Morgan fingerprint density at radius 2 is 2.12 bits per heavy atom. The molecule has 0 amide bonds. The van der Waals surface area contributed by atoms with Gasteiger partial charge in [0.05, 0.1) is 62.2 Å². The number of anilines is 2. The minimum absolute atomic E-state index is 0.0410. The quantitative estimate of drug-likeness (QED) is 0.553. The highest BCUT2D eigenvalue weighted by Crippen LogP contribution is 2.22. The Hall–Kier alpha value is -3.25. The van der Waals surface area contributed by atoms with E-state index in [4.69, 9.17) is 4.74 Å². The Morgan fingerprint density at radius 1 is 1.28 bits per heavy atom. The summed E-state index contributed by atoms with van der Waals surface area (Å²) >= 11 is 0. The summed E-state index contributed by atoms with van der Waals surface area (Å²) in [6.45, 7) is 2.88. The van der Waals surface area contributed by atoms with Crippen molar-refractivity contribution in [1.29, 1.82) is 0 Å². The lowest BCUT2D eigenvalue weighted by atomic mass is 10.2. The molecular weight excluding hydrogens is 422 g/mol. The van der Waals surface area contributed by atoms with Crippen molar-refractivity contribution in [2.24, 2.45) is 7.05 Å². The molecule has 1 aliphatic heterocycles. The van der Waals surface area contributed by atoms with Crippen molar-refractivity contribution in [3.05, 3.63) is 53.6 Å². The fraction of sp³-hybridized carbons (Fsp3) is 0.450. The third-order valence-electron chi connectivity index (χ3n) is 5.05. The van der Waals surface area contributed by atoms with Crippen LogP contribution in [0.15, 0.2) is 24.8 Å². The molecule has 3 aromatic rings. The molecular formula is C20H24F2N8O2. The van der Waals surface area contributed by atoms with Gasteiger partial charge in [-0.15, -0.1) is 0 Å². The molecule has 0 radical (unpaired) electrons. The SMILES string of the molecule is C[C@H](Nc1nc(Cc2cn(C)cn2)nc(N2CCOC[C@H]2CO)n1)c1ncc(F)cc1F. The van der Waals surface area contributed by atoms with Crippen LogP contribution in [0.3, 0.4) is 0 Å². The van der Waals surface area contributed by atoms with Gasteiger partial charge in [0.15, 0.2) is 0 Å². The number of morpholine rings is 1. The van der Waals surface area contributed by atoms with Crippen molar-refractivity contribution in [3.8, 4) is 0 Å². The number of hydrogen-bond donors (Lipinski definition) is 2. The zero-order valence-electron chi connectivity index (χ0n) is 17.7. The van der Waals surface area contributed by atoms with Crippen LogP contribution in [0.1, 0.15) is 30.2 Å².